The van der Waals surface area contributed by atoms with Gasteiger partial charge in [0.2, 0.25) is 0 Å². The molecule has 9 aromatic rings. The van der Waals surface area contributed by atoms with Gasteiger partial charge in [0.25, 0.3) is 11.8 Å². The van der Waals surface area contributed by atoms with Gasteiger partial charge in [-0.05, 0) is 169 Å². The van der Waals surface area contributed by atoms with Crippen molar-refractivity contribution in [2.24, 2.45) is 0 Å². The number of nitrogens with zero attached hydrogens (tertiary/aromatic N) is 2. The number of carbonyl (C=O) groups is 2. The van der Waals surface area contributed by atoms with Crippen LogP contribution in [-0.4, -0.2) is 27.1 Å². The monoisotopic (exact) mass is 1070 g/mol. The lowest BCUT2D eigenvalue weighted by atomic mass is 9.86. The van der Waals surface area contributed by atoms with E-state index < -0.39 is 0 Å². The van der Waals surface area contributed by atoms with Crippen LogP contribution in [0.4, 0.5) is 0 Å². The van der Waals surface area contributed by atoms with E-state index in [-0.39, 0.29) is 55.7 Å². The molecule has 2 atom stereocenters. The number of fused-ring (bicyclic) bond motifs is 2. The van der Waals surface area contributed by atoms with E-state index in [1.807, 2.05) is 31.2 Å². The molecule has 1 fully saturated rings. The number of hydrogen-bond acceptors (Lipinski definition) is 4. The number of nitrogens with one attached hydrogen (secondary N) is 2. The Labute approximate surface area is 476 Å². The van der Waals surface area contributed by atoms with Gasteiger partial charge in [-0.2, -0.15) is 9.59 Å². The summed E-state index contributed by atoms with van der Waals surface area (Å²) in [6.07, 6.45) is 2.82. The zero-order valence-electron chi connectivity index (χ0n) is 47.7. The van der Waals surface area contributed by atoms with E-state index in [0.717, 1.165) is 34.9 Å². The lowest BCUT2D eigenvalue weighted by Crippen LogP contribution is -2.26. The van der Waals surface area contributed by atoms with E-state index in [1.54, 1.807) is 0 Å². The molecule has 8 nitrogen and oxygen atoms in total. The first-order valence-corrected chi connectivity index (χ1v) is 27.4. The second kappa shape index (κ2) is 25.8. The molecule has 1 aliphatic carbocycles. The van der Waals surface area contributed by atoms with Crippen molar-refractivity contribution in [3.8, 4) is 11.1 Å². The SMILES string of the molecule is C.C.Cc1c(C)n(Cc2ccc(-c3ccccc3)cc2)c2ccc(C(=O)N[C@@H](C)c3ccc(C(C)(C)C)cc3)cc12.Cc1c(C)n(Cc2ccc(C(C)(C)C)cc2)c2ccc(C(=O)N[C@@H](C)c3cccc(C4CC4)c3)cc12.O=C=O. The number of aryl methyl sites for hydroxylation is 2. The second-order valence-electron chi connectivity index (χ2n) is 23.4. The highest BCUT2D eigenvalue weighted by Gasteiger charge is 2.25. The summed E-state index contributed by atoms with van der Waals surface area (Å²) in [7, 11) is 0. The molecule has 10 rings (SSSR count). The Morgan fingerprint density at radius 1 is 0.512 bits per heavy atom. The van der Waals surface area contributed by atoms with Crippen molar-refractivity contribution >= 4 is 39.8 Å². The molecular formula is C72H84N4O4. The predicted molar refractivity (Wildman–Crippen MR) is 332 cm³/mol. The van der Waals surface area contributed by atoms with Crippen LogP contribution in [0.2, 0.25) is 0 Å². The summed E-state index contributed by atoms with van der Waals surface area (Å²) in [5.41, 5.74) is 20.2. The average Bonchev–Trinajstić information content (AvgIpc) is 4.23. The van der Waals surface area contributed by atoms with Crippen LogP contribution in [0.5, 0.6) is 0 Å². The molecule has 0 saturated heterocycles. The van der Waals surface area contributed by atoms with E-state index in [4.69, 9.17) is 9.59 Å². The molecule has 2 heterocycles. The maximum Gasteiger partial charge on any atom is 0.373 e. The minimum Gasteiger partial charge on any atom is -0.346 e. The van der Waals surface area contributed by atoms with Crippen LogP contribution in [-0.2, 0) is 33.5 Å². The van der Waals surface area contributed by atoms with Gasteiger partial charge in [0.05, 0.1) is 12.1 Å². The topological polar surface area (TPSA) is 102 Å². The molecule has 80 heavy (non-hydrogen) atoms. The number of hydrogen-bond donors (Lipinski definition) is 2. The van der Waals surface area contributed by atoms with Crippen molar-refractivity contribution < 1.29 is 19.2 Å². The summed E-state index contributed by atoms with van der Waals surface area (Å²) in [5, 5.41) is 8.68. The van der Waals surface area contributed by atoms with Crippen molar-refractivity contribution in [2.75, 3.05) is 0 Å². The Morgan fingerprint density at radius 2 is 0.925 bits per heavy atom. The Morgan fingerprint density at radius 3 is 1.36 bits per heavy atom. The van der Waals surface area contributed by atoms with Crippen LogP contribution in [0, 0.1) is 27.7 Å². The first-order chi connectivity index (χ1) is 37.1. The summed E-state index contributed by atoms with van der Waals surface area (Å²) in [4.78, 5) is 42.7. The average molecular weight is 1070 g/mol. The minimum absolute atomic E-state index is 0. The summed E-state index contributed by atoms with van der Waals surface area (Å²) >= 11 is 0. The first-order valence-electron chi connectivity index (χ1n) is 27.4. The van der Waals surface area contributed by atoms with Gasteiger partial charge in [-0.1, -0.05) is 184 Å². The fraction of sp³-hybridized carbons (Fsp3) is 0.319. The summed E-state index contributed by atoms with van der Waals surface area (Å²) in [6, 6.07) is 57.6. The maximum atomic E-state index is 13.2. The molecule has 8 heteroatoms. The van der Waals surface area contributed by atoms with E-state index in [9.17, 15) is 9.59 Å². The molecule has 416 valence electrons. The highest BCUT2D eigenvalue weighted by atomic mass is 16.2. The second-order valence-corrected chi connectivity index (χ2v) is 23.4. The van der Waals surface area contributed by atoms with Gasteiger partial charge in [-0.3, -0.25) is 9.59 Å². The highest BCUT2D eigenvalue weighted by molar-refractivity contribution is 6.00. The van der Waals surface area contributed by atoms with E-state index in [2.05, 4.69) is 235 Å². The van der Waals surface area contributed by atoms with Crippen LogP contribution in [0.1, 0.15) is 183 Å². The van der Waals surface area contributed by atoms with Crippen molar-refractivity contribution in [1.29, 1.82) is 0 Å². The maximum absolute atomic E-state index is 13.2. The quantitative estimate of drug-likeness (QED) is 0.127. The molecule has 2 N–H and O–H groups in total. The van der Waals surface area contributed by atoms with Crippen molar-refractivity contribution in [3.63, 3.8) is 0 Å². The van der Waals surface area contributed by atoms with Crippen LogP contribution in [0.3, 0.4) is 0 Å². The molecule has 1 aliphatic rings. The molecule has 0 spiro atoms. The van der Waals surface area contributed by atoms with Crippen LogP contribution in [0.25, 0.3) is 32.9 Å². The zero-order chi connectivity index (χ0) is 56.1. The molecule has 1 saturated carbocycles. The first kappa shape index (κ1) is 61.2. The van der Waals surface area contributed by atoms with Gasteiger partial charge in [-0.15, -0.1) is 0 Å². The lowest BCUT2D eigenvalue weighted by molar-refractivity contribution is -0.191. The normalized spacial score (nSPS) is 12.8. The number of aromatic nitrogens is 2. The van der Waals surface area contributed by atoms with Gasteiger partial charge >= 0.3 is 6.15 Å². The molecular weight excluding hydrogens is 985 g/mol. The summed E-state index contributed by atoms with van der Waals surface area (Å²) < 4.78 is 4.72. The van der Waals surface area contributed by atoms with E-state index in [1.165, 1.54) is 85.4 Å². The number of benzene rings is 7. The minimum atomic E-state index is -0.0755. The highest BCUT2D eigenvalue weighted by Crippen LogP contribution is 2.41. The third-order valence-corrected chi connectivity index (χ3v) is 15.8. The molecule has 2 aromatic heterocycles. The van der Waals surface area contributed by atoms with Crippen LogP contribution in [0.15, 0.2) is 164 Å². The van der Waals surface area contributed by atoms with Gasteiger partial charge in [0.1, 0.15) is 0 Å². The van der Waals surface area contributed by atoms with Gasteiger partial charge in [-0.25, -0.2) is 0 Å². The summed E-state index contributed by atoms with van der Waals surface area (Å²) in [6.45, 7) is 27.7. The Balaban J connectivity index is 0.000000241. The molecule has 0 radical (unpaired) electrons. The third kappa shape index (κ3) is 14.2. The Hall–Kier alpha value is -8.06. The molecule has 7 aromatic carbocycles. The van der Waals surface area contributed by atoms with E-state index >= 15 is 0 Å². The Bertz CT molecular complexity index is 3600. The van der Waals surface area contributed by atoms with Gasteiger partial charge < -0.3 is 19.8 Å². The summed E-state index contributed by atoms with van der Waals surface area (Å²) in [5.74, 6) is 0.635. The van der Waals surface area contributed by atoms with Crippen molar-refractivity contribution in [2.45, 2.75) is 153 Å². The number of amides is 2. The molecule has 0 unspecified atom stereocenters. The van der Waals surface area contributed by atoms with Crippen molar-refractivity contribution in [1.82, 2.24) is 19.8 Å². The van der Waals surface area contributed by atoms with Gasteiger partial charge in [0, 0.05) is 57.4 Å². The smallest absolute Gasteiger partial charge is 0.346 e. The molecule has 2 amide bonds. The number of carbonyl (C=O) groups excluding carboxylic acids is 4. The largest absolute Gasteiger partial charge is 0.373 e. The molecule has 0 bridgehead atoms. The third-order valence-electron chi connectivity index (χ3n) is 15.8. The lowest BCUT2D eigenvalue weighted by Gasteiger charge is -2.20. The van der Waals surface area contributed by atoms with Crippen LogP contribution < -0.4 is 10.6 Å². The van der Waals surface area contributed by atoms with Crippen molar-refractivity contribution in [3.05, 3.63) is 236 Å². The fourth-order valence-corrected chi connectivity index (χ4v) is 10.4. The standard InChI is InChI=1S/C36H38N2O.C33H38N2O.CO2.2CH4/c1-24-26(3)38(23-27-12-14-30(15-13-27)29-10-8-7-9-11-29)34-21-18-31(22-33(24)34)35(39)37-25(2)28-16-19-32(20-17-28)36(4,5)6;1-21-23(3)35(20-24-10-15-29(16-11-24)33(4,5)6)31-17-14-28(19-30(21)31)32(36)34-22(2)26-8-7-9-27(18-26)25-12-13-25;2-1-3;;/h7-22,25H,23H2,1-6H3,(H,37,39);7-11,14-19,22,25H,12-13,20H2,1-6H3,(H,34,36);;2*1H4/t25-;22-;;;/m00.../s1. The Kier molecular flexibility index (Phi) is 19.7. The number of rotatable bonds is 12. The van der Waals surface area contributed by atoms with Gasteiger partial charge in [0.15, 0.2) is 0 Å². The predicted octanol–water partition coefficient (Wildman–Crippen LogP) is 17.4. The zero-order valence-corrected chi connectivity index (χ0v) is 47.7. The van der Waals surface area contributed by atoms with Crippen LogP contribution >= 0.6 is 0 Å². The fourth-order valence-electron chi connectivity index (χ4n) is 10.4. The van der Waals surface area contributed by atoms with E-state index in [0.29, 0.717) is 17.0 Å². The molecule has 0 aliphatic heterocycles.